The van der Waals surface area contributed by atoms with Gasteiger partial charge in [-0.25, -0.2) is 0 Å². The predicted octanol–water partition coefficient (Wildman–Crippen LogP) is 3.63. The highest BCUT2D eigenvalue weighted by molar-refractivity contribution is 8.76. The first-order valence-electron chi connectivity index (χ1n) is 3.10. The molecule has 1 unspecified atom stereocenters. The molecule has 0 aromatic heterocycles. The van der Waals surface area contributed by atoms with Crippen molar-refractivity contribution in [3.05, 3.63) is 0 Å². The fraction of sp³-hybridized carbons (Fsp3) is 1.00. The van der Waals surface area contributed by atoms with Crippen LogP contribution >= 0.6 is 27.4 Å². The summed E-state index contributed by atoms with van der Waals surface area (Å²) in [5.74, 6) is 0. The van der Waals surface area contributed by atoms with Gasteiger partial charge in [0.25, 0.3) is 0 Å². The second-order valence-electron chi connectivity index (χ2n) is 2.00. The average molecular weight is 219 g/mol. The first-order chi connectivity index (χ1) is 4.48. The fourth-order valence-electron chi connectivity index (χ4n) is 0.436. The van der Waals surface area contributed by atoms with E-state index < -0.39 is 4.82 Å². The summed E-state index contributed by atoms with van der Waals surface area (Å²) in [6, 6.07) is 0. The lowest BCUT2D eigenvalue weighted by Gasteiger charge is -2.14. The quantitative estimate of drug-likeness (QED) is 0.667. The Morgan fingerprint density at radius 1 is 1.70 bits per heavy atom. The Labute approximate surface area is 76.5 Å². The highest BCUT2D eigenvalue weighted by atomic mass is 35.7. The molecule has 0 heterocycles. The van der Waals surface area contributed by atoms with Gasteiger partial charge in [0, 0.05) is 5.25 Å². The molecular formula is C5H12ClOPS2. The summed E-state index contributed by atoms with van der Waals surface area (Å²) in [5, 5.41) is 0.454. The lowest BCUT2D eigenvalue weighted by molar-refractivity contribution is 0.392. The van der Waals surface area contributed by atoms with Gasteiger partial charge in [-0.3, -0.25) is 0 Å². The zero-order valence-electron chi connectivity index (χ0n) is 6.33. The molecule has 1 nitrogen and oxygen atoms in total. The largest absolute Gasteiger partial charge is 0.331 e. The summed E-state index contributed by atoms with van der Waals surface area (Å²) in [7, 11) is 0. The molecule has 0 N–H and O–H groups in total. The zero-order valence-corrected chi connectivity index (χ0v) is 9.62. The summed E-state index contributed by atoms with van der Waals surface area (Å²) in [5.41, 5.74) is 0. The van der Waals surface area contributed by atoms with Crippen LogP contribution in [0.25, 0.3) is 0 Å². The maximum Gasteiger partial charge on any atom is 0.207 e. The molecule has 0 aliphatic carbocycles. The lowest BCUT2D eigenvalue weighted by atomic mass is 10.6. The van der Waals surface area contributed by atoms with Gasteiger partial charge in [-0.15, -0.1) is 0 Å². The highest BCUT2D eigenvalue weighted by Gasteiger charge is 2.15. The van der Waals surface area contributed by atoms with E-state index in [9.17, 15) is 0 Å². The summed E-state index contributed by atoms with van der Waals surface area (Å²) in [6.07, 6.45) is 0. The van der Waals surface area contributed by atoms with E-state index in [-0.39, 0.29) is 0 Å². The van der Waals surface area contributed by atoms with E-state index in [1.807, 2.05) is 6.92 Å². The van der Waals surface area contributed by atoms with Gasteiger partial charge in [0.15, 0.2) is 0 Å². The normalized spacial score (nSPS) is 17.3. The smallest absolute Gasteiger partial charge is 0.207 e. The number of hydrogen-bond acceptors (Lipinski definition) is 3. The minimum absolute atomic E-state index is 0.454. The van der Waals surface area contributed by atoms with Crippen molar-refractivity contribution >= 4 is 39.2 Å². The van der Waals surface area contributed by atoms with Crippen LogP contribution in [-0.4, -0.2) is 11.9 Å². The van der Waals surface area contributed by atoms with Crippen LogP contribution < -0.4 is 0 Å². The third-order valence-electron chi connectivity index (χ3n) is 0.620. The van der Waals surface area contributed by atoms with Crippen LogP contribution in [0.15, 0.2) is 0 Å². The van der Waals surface area contributed by atoms with Gasteiger partial charge in [-0.1, -0.05) is 25.2 Å². The molecule has 0 saturated heterocycles. The molecule has 1 atom stereocenters. The van der Waals surface area contributed by atoms with Gasteiger partial charge in [-0.2, -0.15) is 0 Å². The van der Waals surface area contributed by atoms with Crippen LogP contribution in [0.4, 0.5) is 0 Å². The minimum atomic E-state index is -2.03. The molecule has 0 amide bonds. The number of hydrogen-bond donors (Lipinski definition) is 0. The molecule has 0 aromatic rings. The van der Waals surface area contributed by atoms with Gasteiger partial charge in [-0.05, 0) is 30.0 Å². The van der Waals surface area contributed by atoms with E-state index >= 15 is 0 Å². The molecule has 62 valence electrons. The second kappa shape index (κ2) is 5.00. The van der Waals surface area contributed by atoms with Crippen LogP contribution in [0.1, 0.15) is 20.8 Å². The van der Waals surface area contributed by atoms with Gasteiger partial charge >= 0.3 is 0 Å². The Bertz CT molecular complexity index is 140. The molecule has 0 aromatic carbocycles. The molecule has 0 saturated carbocycles. The van der Waals surface area contributed by atoms with Gasteiger partial charge in [0.2, 0.25) is 4.82 Å². The Hall–Kier alpha value is 1.25. The molecule has 0 aliphatic heterocycles. The van der Waals surface area contributed by atoms with Crippen molar-refractivity contribution in [2.45, 2.75) is 26.0 Å². The Morgan fingerprint density at radius 3 is 2.50 bits per heavy atom. The molecule has 5 heteroatoms. The van der Waals surface area contributed by atoms with E-state index in [4.69, 9.17) is 27.6 Å². The van der Waals surface area contributed by atoms with Crippen LogP contribution in [0.5, 0.6) is 0 Å². The first-order valence-corrected chi connectivity index (χ1v) is 8.21. The maximum atomic E-state index is 5.90. The second-order valence-corrected chi connectivity index (χ2v) is 11.3. The van der Waals surface area contributed by atoms with Gasteiger partial charge in [0.1, 0.15) is 0 Å². The first kappa shape index (κ1) is 11.2. The van der Waals surface area contributed by atoms with Crippen molar-refractivity contribution in [2.75, 3.05) is 6.61 Å². The molecule has 10 heavy (non-hydrogen) atoms. The zero-order chi connectivity index (χ0) is 8.20. The molecule has 0 fully saturated rings. The monoisotopic (exact) mass is 218 g/mol. The topological polar surface area (TPSA) is 9.23 Å². The summed E-state index contributed by atoms with van der Waals surface area (Å²) < 4.78 is 5.19. The van der Waals surface area contributed by atoms with Crippen molar-refractivity contribution < 1.29 is 4.52 Å². The van der Waals surface area contributed by atoms with Crippen molar-refractivity contribution in [3.8, 4) is 0 Å². The molecule has 0 bridgehead atoms. The van der Waals surface area contributed by atoms with Crippen LogP contribution in [0, 0.1) is 0 Å². The Morgan fingerprint density at radius 2 is 2.20 bits per heavy atom. The third kappa shape index (κ3) is 5.99. The van der Waals surface area contributed by atoms with E-state index in [1.54, 1.807) is 11.4 Å². The molecular weight excluding hydrogens is 207 g/mol. The van der Waals surface area contributed by atoms with Crippen molar-refractivity contribution in [3.63, 3.8) is 0 Å². The van der Waals surface area contributed by atoms with Gasteiger partial charge in [0.05, 0.1) is 6.61 Å². The van der Waals surface area contributed by atoms with Crippen molar-refractivity contribution in [2.24, 2.45) is 0 Å². The minimum Gasteiger partial charge on any atom is -0.331 e. The van der Waals surface area contributed by atoms with Crippen molar-refractivity contribution in [1.29, 1.82) is 0 Å². The maximum absolute atomic E-state index is 5.90. The van der Waals surface area contributed by atoms with Crippen LogP contribution in [0.2, 0.25) is 0 Å². The highest BCUT2D eigenvalue weighted by Crippen LogP contribution is 2.65. The van der Waals surface area contributed by atoms with E-state index in [2.05, 4.69) is 13.8 Å². The van der Waals surface area contributed by atoms with E-state index in [0.29, 0.717) is 11.9 Å². The van der Waals surface area contributed by atoms with E-state index in [0.717, 1.165) is 0 Å². The Kier molecular flexibility index (Phi) is 5.62. The molecule has 0 rings (SSSR count). The molecule has 0 radical (unpaired) electrons. The number of rotatable bonds is 4. The number of halogens is 1. The summed E-state index contributed by atoms with van der Waals surface area (Å²) >= 11 is 12.5. The SMILES string of the molecule is CCOP(=S)(Cl)SC(C)C. The van der Waals surface area contributed by atoms with Crippen LogP contribution in [-0.2, 0) is 16.3 Å². The summed E-state index contributed by atoms with van der Waals surface area (Å²) in [4.78, 5) is -2.03. The molecule has 0 aliphatic rings. The van der Waals surface area contributed by atoms with Crippen molar-refractivity contribution in [1.82, 2.24) is 0 Å². The van der Waals surface area contributed by atoms with E-state index in [1.165, 1.54) is 0 Å². The standard InChI is InChI=1S/C5H12ClOPS2/c1-4-7-8(6,9)10-5(2)3/h5H,4H2,1-3H3. The predicted molar refractivity (Wildman–Crippen MR) is 54.5 cm³/mol. The van der Waals surface area contributed by atoms with Gasteiger partial charge < -0.3 is 4.52 Å². The van der Waals surface area contributed by atoms with Crippen LogP contribution in [0.3, 0.4) is 0 Å². The fourth-order valence-corrected chi connectivity index (χ4v) is 6.91. The lowest BCUT2D eigenvalue weighted by Crippen LogP contribution is -1.86. The Balaban J connectivity index is 3.75. The molecule has 0 spiro atoms. The third-order valence-corrected chi connectivity index (χ3v) is 6.30. The average Bonchev–Trinajstić information content (AvgIpc) is 1.59. The summed E-state index contributed by atoms with van der Waals surface area (Å²) in [6.45, 7) is 6.64.